The molecule has 1 saturated carbocycles. The zero-order chi connectivity index (χ0) is 13.3. The second kappa shape index (κ2) is 8.56. The van der Waals surface area contributed by atoms with E-state index >= 15 is 0 Å². The molecule has 1 fully saturated rings. The Labute approximate surface area is 113 Å². The molecule has 0 radical (unpaired) electrons. The summed E-state index contributed by atoms with van der Waals surface area (Å²) in [4.78, 5) is 0. The zero-order valence-corrected chi connectivity index (χ0v) is 12.2. The highest BCUT2D eigenvalue weighted by Crippen LogP contribution is 2.32. The van der Waals surface area contributed by atoms with Crippen LogP contribution >= 0.6 is 0 Å². The molecule has 1 aliphatic carbocycles. The van der Waals surface area contributed by atoms with Crippen LogP contribution in [0.15, 0.2) is 0 Å². The Bertz CT molecular complexity index is 277. The van der Waals surface area contributed by atoms with Gasteiger partial charge in [0.1, 0.15) is 0 Å². The van der Waals surface area contributed by atoms with Crippen molar-refractivity contribution in [3.05, 3.63) is 0 Å². The maximum atomic E-state index is 6.04. The first-order valence-electron chi connectivity index (χ1n) is 7.61. The average Bonchev–Trinajstić information content (AvgIpc) is 2.59. The molecule has 0 aromatic heterocycles. The third-order valence-electron chi connectivity index (χ3n) is 4.31. The van der Waals surface area contributed by atoms with Gasteiger partial charge in [0.15, 0.2) is 0 Å². The monoisotopic (exact) mass is 250 g/mol. The van der Waals surface area contributed by atoms with Gasteiger partial charge in [0.05, 0.1) is 0 Å². The highest BCUT2D eigenvalue weighted by molar-refractivity contribution is 4.97. The Morgan fingerprint density at radius 1 is 1.33 bits per heavy atom. The van der Waals surface area contributed by atoms with Gasteiger partial charge in [-0.1, -0.05) is 32.6 Å². The normalized spacial score (nSPS) is 28.3. The zero-order valence-electron chi connectivity index (χ0n) is 12.2. The second-order valence-corrected chi connectivity index (χ2v) is 5.67. The van der Waals surface area contributed by atoms with Gasteiger partial charge in [-0.25, -0.2) is 0 Å². The largest absolute Gasteiger partial charge is 0.329 e. The summed E-state index contributed by atoms with van der Waals surface area (Å²) in [5.41, 5.74) is 6.24. The fourth-order valence-corrected chi connectivity index (χ4v) is 3.14. The summed E-state index contributed by atoms with van der Waals surface area (Å²) in [5.74, 6) is 7.00. The van der Waals surface area contributed by atoms with Gasteiger partial charge in [-0.05, 0) is 32.1 Å². The molecule has 2 nitrogen and oxygen atoms in total. The van der Waals surface area contributed by atoms with Gasteiger partial charge in [-0.2, -0.15) is 0 Å². The van der Waals surface area contributed by atoms with Gasteiger partial charge in [0.2, 0.25) is 0 Å². The number of nitrogens with one attached hydrogen (secondary N) is 1. The van der Waals surface area contributed by atoms with E-state index in [1.807, 2.05) is 6.92 Å². The molecular weight excluding hydrogens is 220 g/mol. The number of hydrogen-bond acceptors (Lipinski definition) is 2. The average molecular weight is 250 g/mol. The maximum absolute atomic E-state index is 6.04. The molecule has 0 amide bonds. The molecule has 104 valence electrons. The summed E-state index contributed by atoms with van der Waals surface area (Å²) in [7, 11) is 0. The number of nitrogens with two attached hydrogens (primary N) is 1. The van der Waals surface area contributed by atoms with Crippen molar-refractivity contribution >= 4 is 0 Å². The quantitative estimate of drug-likeness (QED) is 0.432. The van der Waals surface area contributed by atoms with Gasteiger partial charge in [-0.3, -0.25) is 0 Å². The highest BCUT2D eigenvalue weighted by Gasteiger charge is 2.30. The molecule has 3 N–H and O–H groups in total. The minimum atomic E-state index is 0.192. The first-order valence-corrected chi connectivity index (χ1v) is 7.61. The van der Waals surface area contributed by atoms with E-state index in [0.717, 1.165) is 25.4 Å². The summed E-state index contributed by atoms with van der Waals surface area (Å²) in [6.45, 7) is 5.95. The van der Waals surface area contributed by atoms with E-state index in [4.69, 9.17) is 5.73 Å². The molecule has 0 aromatic carbocycles. The summed E-state index contributed by atoms with van der Waals surface area (Å²) in [5, 5.41) is 3.69. The van der Waals surface area contributed by atoms with Gasteiger partial charge in [-0.15, -0.1) is 11.8 Å². The van der Waals surface area contributed by atoms with Crippen molar-refractivity contribution in [2.24, 2.45) is 11.7 Å². The minimum absolute atomic E-state index is 0.192. The molecule has 0 bridgehead atoms. The lowest BCUT2D eigenvalue weighted by atomic mass is 9.89. The first-order chi connectivity index (χ1) is 8.76. The lowest BCUT2D eigenvalue weighted by Gasteiger charge is -2.33. The topological polar surface area (TPSA) is 38.0 Å². The Kier molecular flexibility index (Phi) is 7.39. The van der Waals surface area contributed by atoms with Crippen molar-refractivity contribution < 1.29 is 0 Å². The van der Waals surface area contributed by atoms with E-state index in [1.165, 1.54) is 44.9 Å². The van der Waals surface area contributed by atoms with Crippen LogP contribution in [0.2, 0.25) is 0 Å². The third kappa shape index (κ3) is 5.00. The van der Waals surface area contributed by atoms with E-state index in [1.54, 1.807) is 0 Å². The molecule has 0 heterocycles. The van der Waals surface area contributed by atoms with Crippen molar-refractivity contribution in [2.45, 2.75) is 70.8 Å². The van der Waals surface area contributed by atoms with Crippen molar-refractivity contribution in [3.63, 3.8) is 0 Å². The molecular formula is C16H30N2. The molecule has 18 heavy (non-hydrogen) atoms. The Hall–Kier alpha value is -0.520. The Balaban J connectivity index is 2.44. The van der Waals surface area contributed by atoms with Crippen LogP contribution in [0.3, 0.4) is 0 Å². The van der Waals surface area contributed by atoms with Crippen molar-refractivity contribution in [2.75, 3.05) is 13.1 Å². The van der Waals surface area contributed by atoms with Gasteiger partial charge >= 0.3 is 0 Å². The van der Waals surface area contributed by atoms with Crippen LogP contribution in [-0.4, -0.2) is 18.6 Å². The van der Waals surface area contributed by atoms with Crippen LogP contribution in [-0.2, 0) is 0 Å². The Morgan fingerprint density at radius 2 is 2.17 bits per heavy atom. The van der Waals surface area contributed by atoms with Gasteiger partial charge in [0, 0.05) is 25.0 Å². The standard InChI is InChI=1S/C16H30N2/c1-3-5-6-13-18-16(14-17)11-7-9-15(8-4-2)10-12-16/h15,18H,4,6-14,17H2,1-2H3. The molecule has 2 heteroatoms. The molecule has 0 spiro atoms. The predicted octanol–water partition coefficient (Wildman–Crippen LogP) is 3.07. The molecule has 0 saturated heterocycles. The van der Waals surface area contributed by atoms with E-state index in [2.05, 4.69) is 24.1 Å². The van der Waals surface area contributed by atoms with Crippen molar-refractivity contribution in [3.8, 4) is 11.8 Å². The van der Waals surface area contributed by atoms with E-state index in [-0.39, 0.29) is 5.54 Å². The SMILES string of the molecule is CC#CCCNC1(CN)CCCC(CCC)CC1. The molecule has 1 rings (SSSR count). The van der Waals surface area contributed by atoms with Gasteiger partial charge < -0.3 is 11.1 Å². The lowest BCUT2D eigenvalue weighted by Crippen LogP contribution is -2.51. The lowest BCUT2D eigenvalue weighted by molar-refractivity contribution is 0.290. The van der Waals surface area contributed by atoms with Crippen LogP contribution in [0.5, 0.6) is 0 Å². The minimum Gasteiger partial charge on any atom is -0.329 e. The first kappa shape index (κ1) is 15.5. The summed E-state index contributed by atoms with van der Waals surface area (Å²) in [6.07, 6.45) is 10.2. The van der Waals surface area contributed by atoms with E-state index in [0.29, 0.717) is 0 Å². The van der Waals surface area contributed by atoms with Crippen LogP contribution in [0.1, 0.15) is 65.2 Å². The van der Waals surface area contributed by atoms with Gasteiger partial charge in [0.25, 0.3) is 0 Å². The molecule has 1 aliphatic rings. The summed E-state index contributed by atoms with van der Waals surface area (Å²) in [6, 6.07) is 0. The second-order valence-electron chi connectivity index (χ2n) is 5.67. The Morgan fingerprint density at radius 3 is 2.83 bits per heavy atom. The molecule has 0 aromatic rings. The third-order valence-corrected chi connectivity index (χ3v) is 4.31. The van der Waals surface area contributed by atoms with Crippen LogP contribution in [0, 0.1) is 17.8 Å². The molecule has 2 atom stereocenters. The molecule has 2 unspecified atom stereocenters. The van der Waals surface area contributed by atoms with E-state index in [9.17, 15) is 0 Å². The fourth-order valence-electron chi connectivity index (χ4n) is 3.14. The number of rotatable bonds is 6. The number of hydrogen-bond donors (Lipinski definition) is 2. The fraction of sp³-hybridized carbons (Fsp3) is 0.875. The van der Waals surface area contributed by atoms with E-state index < -0.39 is 0 Å². The van der Waals surface area contributed by atoms with Crippen molar-refractivity contribution in [1.29, 1.82) is 0 Å². The molecule has 0 aliphatic heterocycles. The van der Waals surface area contributed by atoms with Crippen LogP contribution in [0.4, 0.5) is 0 Å². The predicted molar refractivity (Wildman–Crippen MR) is 79.3 cm³/mol. The van der Waals surface area contributed by atoms with Crippen LogP contribution in [0.25, 0.3) is 0 Å². The summed E-state index contributed by atoms with van der Waals surface area (Å²) >= 11 is 0. The van der Waals surface area contributed by atoms with Crippen molar-refractivity contribution in [1.82, 2.24) is 5.32 Å². The smallest absolute Gasteiger partial charge is 0.0304 e. The summed E-state index contributed by atoms with van der Waals surface area (Å²) < 4.78 is 0. The maximum Gasteiger partial charge on any atom is 0.0304 e. The van der Waals surface area contributed by atoms with Crippen LogP contribution < -0.4 is 11.1 Å². The highest BCUT2D eigenvalue weighted by atomic mass is 15.0.